The molecule has 0 saturated carbocycles. The molecule has 0 radical (unpaired) electrons. The van der Waals surface area contributed by atoms with E-state index in [9.17, 15) is 9.18 Å². The van der Waals surface area contributed by atoms with Crippen LogP contribution < -0.4 is 5.32 Å². The van der Waals surface area contributed by atoms with Gasteiger partial charge in [0.25, 0.3) is 0 Å². The first kappa shape index (κ1) is 16.6. The molecule has 0 heterocycles. The summed E-state index contributed by atoms with van der Waals surface area (Å²) in [5, 5.41) is 3.21. The summed E-state index contributed by atoms with van der Waals surface area (Å²) >= 11 is 0. The number of amides is 1. The minimum Gasteiger partial charge on any atom is -0.342 e. The first-order valence-corrected chi connectivity index (χ1v) is 7.18. The van der Waals surface area contributed by atoms with Crippen LogP contribution >= 0.6 is 0 Å². The standard InChI is InChI=1S/C16H25FN2O/c1-6-19(7-2)16(20)13(5)18-10-14-8-11(3)15(17)12(4)9-14/h8-9,13,18H,6-7,10H2,1-5H3. The van der Waals surface area contributed by atoms with Gasteiger partial charge >= 0.3 is 0 Å². The molecule has 4 heteroatoms. The van der Waals surface area contributed by atoms with E-state index in [1.165, 1.54) is 0 Å². The Morgan fingerprint density at radius 3 is 2.20 bits per heavy atom. The number of benzene rings is 1. The molecule has 0 spiro atoms. The largest absolute Gasteiger partial charge is 0.342 e. The van der Waals surface area contributed by atoms with E-state index in [1.54, 1.807) is 18.7 Å². The monoisotopic (exact) mass is 280 g/mol. The van der Waals surface area contributed by atoms with E-state index < -0.39 is 0 Å². The maximum absolute atomic E-state index is 13.6. The predicted molar refractivity (Wildman–Crippen MR) is 80.1 cm³/mol. The van der Waals surface area contributed by atoms with Crippen LogP contribution in [0.3, 0.4) is 0 Å². The molecular weight excluding hydrogens is 255 g/mol. The van der Waals surface area contributed by atoms with Gasteiger partial charge in [-0.25, -0.2) is 4.39 Å². The van der Waals surface area contributed by atoms with Crippen LogP contribution in [0, 0.1) is 19.7 Å². The summed E-state index contributed by atoms with van der Waals surface area (Å²) in [5.74, 6) is -0.0495. The van der Waals surface area contributed by atoms with Crippen LogP contribution in [0.4, 0.5) is 4.39 Å². The van der Waals surface area contributed by atoms with Gasteiger partial charge in [0, 0.05) is 19.6 Å². The van der Waals surface area contributed by atoms with Gasteiger partial charge < -0.3 is 10.2 Å². The fourth-order valence-corrected chi connectivity index (χ4v) is 2.31. The van der Waals surface area contributed by atoms with Gasteiger partial charge in [-0.05, 0) is 51.3 Å². The Balaban J connectivity index is 2.65. The first-order chi connectivity index (χ1) is 9.40. The Bertz CT molecular complexity index is 447. The van der Waals surface area contributed by atoms with Gasteiger partial charge in [0.05, 0.1) is 6.04 Å². The summed E-state index contributed by atoms with van der Waals surface area (Å²) in [4.78, 5) is 13.9. The van der Waals surface area contributed by atoms with Crippen LogP contribution in [0.1, 0.15) is 37.5 Å². The third-order valence-electron chi connectivity index (χ3n) is 3.55. The third kappa shape index (κ3) is 4.04. The van der Waals surface area contributed by atoms with Gasteiger partial charge in [0.15, 0.2) is 0 Å². The predicted octanol–water partition coefficient (Wildman–Crippen LogP) is 2.79. The quantitative estimate of drug-likeness (QED) is 0.869. The van der Waals surface area contributed by atoms with E-state index in [4.69, 9.17) is 0 Å². The molecule has 1 rings (SSSR count). The Hall–Kier alpha value is -1.42. The summed E-state index contributed by atoms with van der Waals surface area (Å²) < 4.78 is 13.6. The fraction of sp³-hybridized carbons (Fsp3) is 0.562. The molecule has 0 aliphatic heterocycles. The van der Waals surface area contributed by atoms with Crippen LogP contribution in [0.2, 0.25) is 0 Å². The molecule has 3 nitrogen and oxygen atoms in total. The Labute approximate surface area is 121 Å². The highest BCUT2D eigenvalue weighted by Crippen LogP contribution is 2.14. The van der Waals surface area contributed by atoms with E-state index in [-0.39, 0.29) is 17.8 Å². The van der Waals surface area contributed by atoms with Crippen molar-refractivity contribution in [3.05, 3.63) is 34.6 Å². The van der Waals surface area contributed by atoms with E-state index in [0.29, 0.717) is 17.7 Å². The van der Waals surface area contributed by atoms with Crippen LogP contribution in [-0.4, -0.2) is 29.9 Å². The molecule has 0 aliphatic rings. The second kappa shape index (κ2) is 7.39. The molecule has 1 N–H and O–H groups in total. The van der Waals surface area contributed by atoms with Crippen molar-refractivity contribution in [2.75, 3.05) is 13.1 Å². The molecule has 0 fully saturated rings. The molecule has 112 valence electrons. The van der Waals surface area contributed by atoms with Crippen molar-refractivity contribution in [3.8, 4) is 0 Å². The van der Waals surface area contributed by atoms with Gasteiger partial charge in [-0.15, -0.1) is 0 Å². The number of carbonyl (C=O) groups is 1. The highest BCUT2D eigenvalue weighted by Gasteiger charge is 2.17. The van der Waals surface area contributed by atoms with Gasteiger partial charge in [-0.3, -0.25) is 4.79 Å². The molecule has 1 aromatic rings. The van der Waals surface area contributed by atoms with Gasteiger partial charge in [-0.1, -0.05) is 12.1 Å². The zero-order chi connectivity index (χ0) is 15.3. The topological polar surface area (TPSA) is 32.3 Å². The second-order valence-electron chi connectivity index (χ2n) is 5.16. The molecule has 1 amide bonds. The lowest BCUT2D eigenvalue weighted by Crippen LogP contribution is -2.44. The van der Waals surface area contributed by atoms with Crippen LogP contribution in [0.15, 0.2) is 12.1 Å². The van der Waals surface area contributed by atoms with E-state index >= 15 is 0 Å². The molecule has 0 aliphatic carbocycles. The Kier molecular flexibility index (Phi) is 6.14. The number of aryl methyl sites for hydroxylation is 2. The average molecular weight is 280 g/mol. The maximum atomic E-state index is 13.6. The summed E-state index contributed by atoms with van der Waals surface area (Å²) in [6.07, 6.45) is 0. The number of rotatable bonds is 6. The van der Waals surface area contributed by atoms with E-state index in [0.717, 1.165) is 18.7 Å². The normalized spacial score (nSPS) is 12.3. The number of halogens is 1. The van der Waals surface area contributed by atoms with Crippen LogP contribution in [-0.2, 0) is 11.3 Å². The second-order valence-corrected chi connectivity index (χ2v) is 5.16. The average Bonchev–Trinajstić information content (AvgIpc) is 2.43. The smallest absolute Gasteiger partial charge is 0.239 e. The highest BCUT2D eigenvalue weighted by molar-refractivity contribution is 5.81. The lowest BCUT2D eigenvalue weighted by Gasteiger charge is -2.23. The number of hydrogen-bond acceptors (Lipinski definition) is 2. The molecule has 0 saturated heterocycles. The SMILES string of the molecule is CCN(CC)C(=O)C(C)NCc1cc(C)c(F)c(C)c1. The van der Waals surface area contributed by atoms with Crippen LogP contribution in [0.25, 0.3) is 0 Å². The summed E-state index contributed by atoms with van der Waals surface area (Å²) in [7, 11) is 0. The lowest BCUT2D eigenvalue weighted by molar-refractivity contribution is -0.132. The Morgan fingerprint density at radius 1 is 1.25 bits per heavy atom. The number of carbonyl (C=O) groups excluding carboxylic acids is 1. The van der Waals surface area contributed by atoms with Crippen molar-refractivity contribution in [1.29, 1.82) is 0 Å². The molecule has 1 unspecified atom stereocenters. The molecule has 1 atom stereocenters. The molecule has 1 aromatic carbocycles. The summed E-state index contributed by atoms with van der Waals surface area (Å²) in [6.45, 7) is 11.3. The zero-order valence-corrected chi connectivity index (χ0v) is 13.1. The van der Waals surface area contributed by atoms with Crippen molar-refractivity contribution < 1.29 is 9.18 Å². The molecule has 20 heavy (non-hydrogen) atoms. The van der Waals surface area contributed by atoms with Gasteiger partial charge in [-0.2, -0.15) is 0 Å². The summed E-state index contributed by atoms with van der Waals surface area (Å²) in [5.41, 5.74) is 2.29. The van der Waals surface area contributed by atoms with Crippen molar-refractivity contribution in [1.82, 2.24) is 10.2 Å². The Morgan fingerprint density at radius 2 is 1.75 bits per heavy atom. The number of likely N-dealkylation sites (N-methyl/N-ethyl adjacent to an activating group) is 1. The lowest BCUT2D eigenvalue weighted by atomic mass is 10.1. The number of nitrogens with one attached hydrogen (secondary N) is 1. The maximum Gasteiger partial charge on any atom is 0.239 e. The third-order valence-corrected chi connectivity index (χ3v) is 3.55. The fourth-order valence-electron chi connectivity index (χ4n) is 2.31. The van der Waals surface area contributed by atoms with Crippen molar-refractivity contribution >= 4 is 5.91 Å². The van der Waals surface area contributed by atoms with E-state index in [2.05, 4.69) is 5.32 Å². The van der Waals surface area contributed by atoms with Gasteiger partial charge in [0.2, 0.25) is 5.91 Å². The minimum absolute atomic E-state index is 0.102. The van der Waals surface area contributed by atoms with Crippen LogP contribution in [0.5, 0.6) is 0 Å². The summed E-state index contributed by atoms with van der Waals surface area (Å²) in [6, 6.07) is 3.41. The molecule has 0 bridgehead atoms. The zero-order valence-electron chi connectivity index (χ0n) is 13.1. The minimum atomic E-state index is -0.236. The van der Waals surface area contributed by atoms with Crippen molar-refractivity contribution in [2.45, 2.75) is 47.2 Å². The van der Waals surface area contributed by atoms with Crippen molar-refractivity contribution in [3.63, 3.8) is 0 Å². The molecule has 0 aromatic heterocycles. The highest BCUT2D eigenvalue weighted by atomic mass is 19.1. The van der Waals surface area contributed by atoms with E-state index in [1.807, 2.05) is 32.9 Å². The number of nitrogens with zero attached hydrogens (tertiary/aromatic N) is 1. The van der Waals surface area contributed by atoms with Gasteiger partial charge in [0.1, 0.15) is 5.82 Å². The first-order valence-electron chi connectivity index (χ1n) is 7.18. The molecular formula is C16H25FN2O. The van der Waals surface area contributed by atoms with Crippen molar-refractivity contribution in [2.24, 2.45) is 0 Å². The number of hydrogen-bond donors (Lipinski definition) is 1.